The van der Waals surface area contributed by atoms with Gasteiger partial charge in [-0.1, -0.05) is 0 Å². The molecule has 1 aliphatic rings. The molecule has 1 amide bonds. The average Bonchev–Trinajstić information content (AvgIpc) is 2.47. The Hall–Kier alpha value is -1.26. The number of carbonyl (C=O) groups excluding carboxylic acids is 2. The maximum atomic E-state index is 10.7. The van der Waals surface area contributed by atoms with Gasteiger partial charge >= 0.3 is 12.1 Å². The zero-order chi connectivity index (χ0) is 8.97. The van der Waals surface area contributed by atoms with E-state index in [-0.39, 0.29) is 12.0 Å². The van der Waals surface area contributed by atoms with Crippen LogP contribution in [0.5, 0.6) is 0 Å². The van der Waals surface area contributed by atoms with E-state index in [1.54, 1.807) is 0 Å². The molecule has 0 saturated carbocycles. The summed E-state index contributed by atoms with van der Waals surface area (Å²) >= 11 is 0. The number of carbonyl (C=O) groups is 2. The van der Waals surface area contributed by atoms with Crippen LogP contribution in [0.2, 0.25) is 0 Å². The molecular formula is C7H11NO4. The molecule has 1 heterocycles. The number of nitrogens with one attached hydrogen (secondary N) is 1. The van der Waals surface area contributed by atoms with Gasteiger partial charge in [0, 0.05) is 6.42 Å². The first-order valence-electron chi connectivity index (χ1n) is 3.72. The molecule has 5 heteroatoms. The van der Waals surface area contributed by atoms with Gasteiger partial charge in [-0.15, -0.1) is 0 Å². The van der Waals surface area contributed by atoms with E-state index in [2.05, 4.69) is 14.8 Å². The van der Waals surface area contributed by atoms with Crippen LogP contribution in [0.1, 0.15) is 12.8 Å². The SMILES string of the molecule is COC(=O)CC[C@H]1COC(=O)N1. The van der Waals surface area contributed by atoms with Gasteiger partial charge in [-0.25, -0.2) is 4.79 Å². The number of rotatable bonds is 3. The van der Waals surface area contributed by atoms with Crippen molar-refractivity contribution in [3.05, 3.63) is 0 Å². The Morgan fingerprint density at radius 1 is 1.83 bits per heavy atom. The first-order chi connectivity index (χ1) is 5.72. The molecule has 68 valence electrons. The van der Waals surface area contributed by atoms with Crippen LogP contribution in [-0.2, 0) is 14.3 Å². The molecule has 1 saturated heterocycles. The molecule has 0 aromatic heterocycles. The van der Waals surface area contributed by atoms with Gasteiger partial charge in [0.1, 0.15) is 6.61 Å². The molecule has 5 nitrogen and oxygen atoms in total. The molecule has 1 fully saturated rings. The van der Waals surface area contributed by atoms with Crippen molar-refractivity contribution in [2.24, 2.45) is 0 Å². The quantitative estimate of drug-likeness (QED) is 0.612. The number of alkyl carbamates (subject to hydrolysis) is 1. The largest absolute Gasteiger partial charge is 0.469 e. The highest BCUT2D eigenvalue weighted by Gasteiger charge is 2.22. The second-order valence-electron chi connectivity index (χ2n) is 2.55. The average molecular weight is 173 g/mol. The summed E-state index contributed by atoms with van der Waals surface area (Å²) in [6, 6.07) is -0.0448. The molecule has 0 aromatic rings. The lowest BCUT2D eigenvalue weighted by Crippen LogP contribution is -2.26. The minimum absolute atomic E-state index is 0.0448. The minimum atomic E-state index is -0.412. The van der Waals surface area contributed by atoms with Crippen LogP contribution in [0, 0.1) is 0 Å². The summed E-state index contributed by atoms with van der Waals surface area (Å²) in [5.41, 5.74) is 0. The lowest BCUT2D eigenvalue weighted by molar-refractivity contribution is -0.140. The van der Waals surface area contributed by atoms with Crippen molar-refractivity contribution in [3.63, 3.8) is 0 Å². The molecule has 0 aliphatic carbocycles. The third-order valence-corrected chi connectivity index (χ3v) is 1.66. The summed E-state index contributed by atoms with van der Waals surface area (Å²) in [5.74, 6) is -0.267. The maximum absolute atomic E-state index is 10.7. The predicted molar refractivity (Wildman–Crippen MR) is 39.5 cm³/mol. The van der Waals surface area contributed by atoms with Crippen molar-refractivity contribution < 1.29 is 19.1 Å². The van der Waals surface area contributed by atoms with Crippen LogP contribution in [-0.4, -0.2) is 31.8 Å². The second-order valence-corrected chi connectivity index (χ2v) is 2.55. The van der Waals surface area contributed by atoms with Gasteiger partial charge in [0.15, 0.2) is 0 Å². The van der Waals surface area contributed by atoms with Gasteiger partial charge in [-0.3, -0.25) is 4.79 Å². The monoisotopic (exact) mass is 173 g/mol. The third kappa shape index (κ3) is 2.41. The van der Waals surface area contributed by atoms with Crippen molar-refractivity contribution in [2.75, 3.05) is 13.7 Å². The van der Waals surface area contributed by atoms with Crippen molar-refractivity contribution >= 4 is 12.1 Å². The number of hydrogen-bond donors (Lipinski definition) is 1. The molecule has 0 spiro atoms. The van der Waals surface area contributed by atoms with E-state index in [1.807, 2.05) is 0 Å². The molecule has 1 N–H and O–H groups in total. The first kappa shape index (κ1) is 8.83. The fraction of sp³-hybridized carbons (Fsp3) is 0.714. The summed E-state index contributed by atoms with van der Waals surface area (Å²) in [7, 11) is 1.34. The standard InChI is InChI=1S/C7H11NO4/c1-11-6(9)3-2-5-4-12-7(10)8-5/h5H,2-4H2,1H3,(H,8,10)/t5-/m0/s1. The van der Waals surface area contributed by atoms with Gasteiger partial charge in [-0.05, 0) is 6.42 Å². The van der Waals surface area contributed by atoms with E-state index in [4.69, 9.17) is 0 Å². The predicted octanol–water partition coefficient (Wildman–Crippen LogP) is 0.0480. The van der Waals surface area contributed by atoms with Gasteiger partial charge in [0.2, 0.25) is 0 Å². The summed E-state index contributed by atoms with van der Waals surface area (Å²) < 4.78 is 9.07. The zero-order valence-electron chi connectivity index (χ0n) is 6.83. The summed E-state index contributed by atoms with van der Waals surface area (Å²) in [4.78, 5) is 21.2. The Morgan fingerprint density at radius 3 is 3.08 bits per heavy atom. The smallest absolute Gasteiger partial charge is 0.407 e. The Balaban J connectivity index is 2.16. The summed E-state index contributed by atoms with van der Waals surface area (Å²) in [6.07, 6.45) is 0.466. The number of amides is 1. The van der Waals surface area contributed by atoms with Crippen molar-refractivity contribution in [1.82, 2.24) is 5.32 Å². The van der Waals surface area contributed by atoms with Crippen LogP contribution in [0.25, 0.3) is 0 Å². The van der Waals surface area contributed by atoms with E-state index >= 15 is 0 Å². The molecule has 0 aromatic carbocycles. The van der Waals surface area contributed by atoms with Crippen LogP contribution < -0.4 is 5.32 Å². The summed E-state index contributed by atoms with van der Waals surface area (Å²) in [5, 5.41) is 2.56. The molecule has 1 aliphatic heterocycles. The third-order valence-electron chi connectivity index (χ3n) is 1.66. The van der Waals surface area contributed by atoms with Gasteiger partial charge < -0.3 is 14.8 Å². The molecule has 12 heavy (non-hydrogen) atoms. The molecule has 0 bridgehead atoms. The number of ether oxygens (including phenoxy) is 2. The second kappa shape index (κ2) is 3.94. The Kier molecular flexibility index (Phi) is 2.90. The molecule has 1 rings (SSSR count). The van der Waals surface area contributed by atoms with Crippen LogP contribution in [0.4, 0.5) is 4.79 Å². The van der Waals surface area contributed by atoms with Crippen LogP contribution >= 0.6 is 0 Å². The van der Waals surface area contributed by atoms with Gasteiger partial charge in [0.05, 0.1) is 13.2 Å². The molecule has 0 unspecified atom stereocenters. The number of methoxy groups -OCH3 is 1. The highest BCUT2D eigenvalue weighted by atomic mass is 16.6. The number of esters is 1. The van der Waals surface area contributed by atoms with Crippen LogP contribution in [0.3, 0.4) is 0 Å². The maximum Gasteiger partial charge on any atom is 0.407 e. The van der Waals surface area contributed by atoms with E-state index < -0.39 is 6.09 Å². The van der Waals surface area contributed by atoms with E-state index in [1.165, 1.54) is 7.11 Å². The van der Waals surface area contributed by atoms with Crippen molar-refractivity contribution in [2.45, 2.75) is 18.9 Å². The van der Waals surface area contributed by atoms with Crippen molar-refractivity contribution in [1.29, 1.82) is 0 Å². The van der Waals surface area contributed by atoms with E-state index in [0.29, 0.717) is 19.4 Å². The first-order valence-corrected chi connectivity index (χ1v) is 3.72. The van der Waals surface area contributed by atoms with E-state index in [0.717, 1.165) is 0 Å². The van der Waals surface area contributed by atoms with Crippen LogP contribution in [0.15, 0.2) is 0 Å². The molecule has 0 radical (unpaired) electrons. The van der Waals surface area contributed by atoms with Gasteiger partial charge in [-0.2, -0.15) is 0 Å². The Morgan fingerprint density at radius 2 is 2.58 bits per heavy atom. The zero-order valence-corrected chi connectivity index (χ0v) is 6.83. The van der Waals surface area contributed by atoms with Crippen molar-refractivity contribution in [3.8, 4) is 0 Å². The highest BCUT2D eigenvalue weighted by Crippen LogP contribution is 2.05. The molecule has 1 atom stereocenters. The topological polar surface area (TPSA) is 64.6 Å². The number of hydrogen-bond acceptors (Lipinski definition) is 4. The fourth-order valence-corrected chi connectivity index (χ4v) is 0.976. The Labute approximate surface area is 70.0 Å². The highest BCUT2D eigenvalue weighted by molar-refractivity contribution is 5.71. The number of cyclic esters (lactones) is 1. The van der Waals surface area contributed by atoms with Gasteiger partial charge in [0.25, 0.3) is 0 Å². The Bertz CT molecular complexity index is 192. The van der Waals surface area contributed by atoms with E-state index in [9.17, 15) is 9.59 Å². The minimum Gasteiger partial charge on any atom is -0.469 e. The lowest BCUT2D eigenvalue weighted by Gasteiger charge is -2.04. The molecular weight excluding hydrogens is 162 g/mol. The fourth-order valence-electron chi connectivity index (χ4n) is 0.976. The normalized spacial score (nSPS) is 21.4. The summed E-state index contributed by atoms with van der Waals surface area (Å²) in [6.45, 7) is 0.343. The lowest BCUT2D eigenvalue weighted by atomic mass is 10.2.